The van der Waals surface area contributed by atoms with Crippen molar-refractivity contribution in [1.29, 1.82) is 0 Å². The quantitative estimate of drug-likeness (QED) is 0.641. The fraction of sp³-hybridized carbons (Fsp3) is 0.333. The van der Waals surface area contributed by atoms with E-state index in [0.717, 1.165) is 6.07 Å². The Bertz CT molecular complexity index is 302. The molecule has 1 aromatic carbocycles. The number of aliphatic hydroxyl groups is 1. The Morgan fingerprint density at radius 3 is 2.54 bits per heavy atom. The minimum Gasteiger partial charge on any atom is -0.508 e. The van der Waals surface area contributed by atoms with Gasteiger partial charge in [-0.25, -0.2) is 4.39 Å². The van der Waals surface area contributed by atoms with Crippen molar-refractivity contribution >= 4 is 0 Å². The van der Waals surface area contributed by atoms with Crippen LogP contribution in [0.1, 0.15) is 18.5 Å². The molecule has 0 aliphatic rings. The second-order valence-electron chi connectivity index (χ2n) is 2.97. The molecule has 0 heterocycles. The molecule has 0 aromatic heterocycles. The Morgan fingerprint density at radius 1 is 1.46 bits per heavy atom. The van der Waals surface area contributed by atoms with Gasteiger partial charge in [-0.3, -0.25) is 0 Å². The van der Waals surface area contributed by atoms with E-state index in [9.17, 15) is 9.50 Å². The van der Waals surface area contributed by atoms with Crippen molar-refractivity contribution < 1.29 is 14.6 Å². The molecule has 4 heteroatoms. The van der Waals surface area contributed by atoms with Crippen LogP contribution in [0.25, 0.3) is 0 Å². The van der Waals surface area contributed by atoms with Crippen LogP contribution in [0.4, 0.5) is 4.39 Å². The van der Waals surface area contributed by atoms with Gasteiger partial charge < -0.3 is 15.9 Å². The van der Waals surface area contributed by atoms with Gasteiger partial charge >= 0.3 is 0 Å². The Hall–Kier alpha value is -1.13. The third-order valence-electron chi connectivity index (χ3n) is 1.87. The highest BCUT2D eigenvalue weighted by atomic mass is 19.1. The average molecular weight is 185 g/mol. The Balaban J connectivity index is 3.01. The number of aliphatic hydroxyl groups excluding tert-OH is 1. The summed E-state index contributed by atoms with van der Waals surface area (Å²) in [5, 5.41) is 18.4. The molecule has 1 rings (SSSR count). The minimum absolute atomic E-state index is 0.228. The number of phenolic OH excluding ortho intramolecular Hbond substituents is 1. The number of hydrogen-bond acceptors (Lipinski definition) is 3. The minimum atomic E-state index is -0.781. The van der Waals surface area contributed by atoms with Gasteiger partial charge in [-0.1, -0.05) is 6.07 Å². The van der Waals surface area contributed by atoms with E-state index in [0.29, 0.717) is 5.56 Å². The van der Waals surface area contributed by atoms with Crippen LogP contribution in [-0.2, 0) is 0 Å². The summed E-state index contributed by atoms with van der Waals surface area (Å²) in [6.45, 7) is 1.51. The zero-order chi connectivity index (χ0) is 10.0. The Morgan fingerprint density at radius 2 is 2.08 bits per heavy atom. The summed E-state index contributed by atoms with van der Waals surface area (Å²) in [6.07, 6.45) is -0.781. The van der Waals surface area contributed by atoms with Gasteiger partial charge in [0.1, 0.15) is 11.6 Å². The third kappa shape index (κ3) is 2.17. The lowest BCUT2D eigenvalue weighted by Crippen LogP contribution is -2.23. The topological polar surface area (TPSA) is 66.5 Å². The molecule has 0 saturated carbocycles. The van der Waals surface area contributed by atoms with Crippen molar-refractivity contribution in [1.82, 2.24) is 0 Å². The predicted molar refractivity (Wildman–Crippen MR) is 46.7 cm³/mol. The summed E-state index contributed by atoms with van der Waals surface area (Å²) in [7, 11) is 0. The SMILES string of the molecule is C[C@@H](O)[C@H](N)c1ccc(F)cc1O. The fourth-order valence-corrected chi connectivity index (χ4v) is 1.06. The van der Waals surface area contributed by atoms with Crippen LogP contribution in [0.2, 0.25) is 0 Å². The van der Waals surface area contributed by atoms with Crippen molar-refractivity contribution in [3.05, 3.63) is 29.6 Å². The summed E-state index contributed by atoms with van der Waals surface area (Å²) in [5.74, 6) is -0.757. The molecule has 0 saturated heterocycles. The number of hydrogen-bond donors (Lipinski definition) is 3. The van der Waals surface area contributed by atoms with Crippen molar-refractivity contribution in [2.45, 2.75) is 19.1 Å². The van der Waals surface area contributed by atoms with Gasteiger partial charge in [0.05, 0.1) is 12.1 Å². The Labute approximate surface area is 75.6 Å². The molecule has 0 aliphatic carbocycles. The van der Waals surface area contributed by atoms with Gasteiger partial charge in [-0.05, 0) is 13.0 Å². The van der Waals surface area contributed by atoms with Crippen molar-refractivity contribution in [3.63, 3.8) is 0 Å². The van der Waals surface area contributed by atoms with E-state index in [4.69, 9.17) is 10.8 Å². The second-order valence-corrected chi connectivity index (χ2v) is 2.97. The molecule has 3 nitrogen and oxygen atoms in total. The molecular weight excluding hydrogens is 173 g/mol. The van der Waals surface area contributed by atoms with Crippen molar-refractivity contribution in [2.24, 2.45) is 5.73 Å². The molecule has 2 atom stereocenters. The lowest BCUT2D eigenvalue weighted by molar-refractivity contribution is 0.162. The predicted octanol–water partition coefficient (Wildman–Crippen LogP) is 0.912. The van der Waals surface area contributed by atoms with Crippen molar-refractivity contribution in [3.8, 4) is 5.75 Å². The summed E-state index contributed by atoms with van der Waals surface area (Å²) < 4.78 is 12.5. The van der Waals surface area contributed by atoms with E-state index in [-0.39, 0.29) is 5.75 Å². The van der Waals surface area contributed by atoms with E-state index < -0.39 is 18.0 Å². The summed E-state index contributed by atoms with van der Waals surface area (Å²) in [5.41, 5.74) is 5.90. The number of rotatable bonds is 2. The van der Waals surface area contributed by atoms with Gasteiger partial charge in [0.15, 0.2) is 0 Å². The molecule has 0 spiro atoms. The molecule has 13 heavy (non-hydrogen) atoms. The highest BCUT2D eigenvalue weighted by Gasteiger charge is 2.15. The molecule has 0 aliphatic heterocycles. The lowest BCUT2D eigenvalue weighted by atomic mass is 10.0. The van der Waals surface area contributed by atoms with Gasteiger partial charge in [0, 0.05) is 11.6 Å². The van der Waals surface area contributed by atoms with Gasteiger partial charge in [-0.2, -0.15) is 0 Å². The molecule has 1 aromatic rings. The van der Waals surface area contributed by atoms with Crippen LogP contribution in [0.3, 0.4) is 0 Å². The fourth-order valence-electron chi connectivity index (χ4n) is 1.06. The number of aromatic hydroxyl groups is 1. The normalized spacial score (nSPS) is 15.4. The Kier molecular flexibility index (Phi) is 2.85. The number of phenols is 1. The van der Waals surface area contributed by atoms with E-state index in [1.54, 1.807) is 0 Å². The summed E-state index contributed by atoms with van der Waals surface area (Å²) in [6, 6.07) is 2.83. The van der Waals surface area contributed by atoms with Crippen LogP contribution < -0.4 is 5.73 Å². The highest BCUT2D eigenvalue weighted by molar-refractivity contribution is 5.35. The zero-order valence-electron chi connectivity index (χ0n) is 7.24. The molecule has 4 N–H and O–H groups in total. The molecule has 0 fully saturated rings. The monoisotopic (exact) mass is 185 g/mol. The van der Waals surface area contributed by atoms with Gasteiger partial charge in [0.2, 0.25) is 0 Å². The van der Waals surface area contributed by atoms with Crippen LogP contribution in [-0.4, -0.2) is 16.3 Å². The first kappa shape index (κ1) is 9.95. The van der Waals surface area contributed by atoms with E-state index in [1.165, 1.54) is 19.1 Å². The van der Waals surface area contributed by atoms with Crippen LogP contribution in [0, 0.1) is 5.82 Å². The number of nitrogens with two attached hydrogens (primary N) is 1. The second kappa shape index (κ2) is 3.72. The van der Waals surface area contributed by atoms with E-state index >= 15 is 0 Å². The van der Waals surface area contributed by atoms with E-state index in [2.05, 4.69) is 0 Å². The third-order valence-corrected chi connectivity index (χ3v) is 1.87. The summed E-state index contributed by atoms with van der Waals surface area (Å²) >= 11 is 0. The zero-order valence-corrected chi connectivity index (χ0v) is 7.24. The molecular formula is C9H12FNO2. The highest BCUT2D eigenvalue weighted by Crippen LogP contribution is 2.25. The molecule has 0 radical (unpaired) electrons. The summed E-state index contributed by atoms with van der Waals surface area (Å²) in [4.78, 5) is 0. The lowest BCUT2D eigenvalue weighted by Gasteiger charge is -2.16. The maximum Gasteiger partial charge on any atom is 0.126 e. The first-order valence-electron chi connectivity index (χ1n) is 3.94. The maximum absolute atomic E-state index is 12.5. The first-order chi connectivity index (χ1) is 6.02. The molecule has 0 amide bonds. The smallest absolute Gasteiger partial charge is 0.126 e. The average Bonchev–Trinajstić information content (AvgIpc) is 2.03. The van der Waals surface area contributed by atoms with Crippen molar-refractivity contribution in [2.75, 3.05) is 0 Å². The molecule has 0 unspecified atom stereocenters. The van der Waals surface area contributed by atoms with Gasteiger partial charge in [0.25, 0.3) is 0 Å². The molecule has 0 bridgehead atoms. The first-order valence-corrected chi connectivity index (χ1v) is 3.94. The van der Waals surface area contributed by atoms with E-state index in [1.807, 2.05) is 0 Å². The largest absolute Gasteiger partial charge is 0.508 e. The van der Waals surface area contributed by atoms with Crippen LogP contribution in [0.15, 0.2) is 18.2 Å². The number of benzene rings is 1. The number of halogens is 1. The maximum atomic E-state index is 12.5. The molecule has 72 valence electrons. The van der Waals surface area contributed by atoms with Crippen LogP contribution >= 0.6 is 0 Å². The standard InChI is InChI=1S/C9H12FNO2/c1-5(12)9(11)7-3-2-6(10)4-8(7)13/h2-5,9,12-13H,11H2,1H3/t5-,9+/m1/s1. The van der Waals surface area contributed by atoms with Crippen LogP contribution in [0.5, 0.6) is 5.75 Å². The van der Waals surface area contributed by atoms with Gasteiger partial charge in [-0.15, -0.1) is 0 Å².